The summed E-state index contributed by atoms with van der Waals surface area (Å²) >= 11 is 0. The van der Waals surface area contributed by atoms with E-state index in [4.69, 9.17) is 10.6 Å². The van der Waals surface area contributed by atoms with Crippen LogP contribution in [0.4, 0.5) is 17.3 Å². The Morgan fingerprint density at radius 3 is 2.89 bits per heavy atom. The summed E-state index contributed by atoms with van der Waals surface area (Å²) in [5, 5.41) is 3.13. The molecule has 2 rings (SSSR count). The number of nitrogens with zero attached hydrogens (tertiary/aromatic N) is 2. The Morgan fingerprint density at radius 1 is 1.28 bits per heavy atom. The number of nitrogens with two attached hydrogens (primary N) is 1. The molecule has 0 aliphatic rings. The van der Waals surface area contributed by atoms with E-state index in [-0.39, 0.29) is 0 Å². The number of anilines is 3. The van der Waals surface area contributed by atoms with E-state index in [1.165, 1.54) is 0 Å². The van der Waals surface area contributed by atoms with Crippen LogP contribution in [0.3, 0.4) is 0 Å². The minimum atomic E-state index is 0.501. The van der Waals surface area contributed by atoms with Crippen LogP contribution in [0.1, 0.15) is 6.92 Å². The molecule has 0 saturated carbocycles. The predicted octanol–water partition coefficient (Wildman–Crippen LogP) is 1.90. The quantitative estimate of drug-likeness (QED) is 0.551. The first-order valence-electron chi connectivity index (χ1n) is 5.60. The minimum Gasteiger partial charge on any atom is -0.494 e. The van der Waals surface area contributed by atoms with Gasteiger partial charge < -0.3 is 15.5 Å². The van der Waals surface area contributed by atoms with Gasteiger partial charge in [-0.1, -0.05) is 6.07 Å². The van der Waals surface area contributed by atoms with Crippen molar-refractivity contribution in [3.8, 4) is 5.75 Å². The molecule has 6 nitrogen and oxygen atoms in total. The largest absolute Gasteiger partial charge is 0.494 e. The van der Waals surface area contributed by atoms with E-state index in [0.717, 1.165) is 11.4 Å². The number of hydrogen-bond donors (Lipinski definition) is 3. The third kappa shape index (κ3) is 3.08. The number of nitrogens with one attached hydrogen (secondary N) is 2. The van der Waals surface area contributed by atoms with Crippen LogP contribution in [0.15, 0.2) is 36.7 Å². The van der Waals surface area contributed by atoms with Crippen molar-refractivity contribution in [1.82, 2.24) is 9.97 Å². The van der Waals surface area contributed by atoms with E-state index in [1.54, 1.807) is 12.4 Å². The van der Waals surface area contributed by atoms with Gasteiger partial charge in [0, 0.05) is 11.8 Å². The molecule has 0 aliphatic carbocycles. The van der Waals surface area contributed by atoms with Gasteiger partial charge in [-0.05, 0) is 19.1 Å². The molecule has 2 aromatic rings. The summed E-state index contributed by atoms with van der Waals surface area (Å²) in [6, 6.07) is 7.63. The monoisotopic (exact) mass is 245 g/mol. The molecule has 0 saturated heterocycles. The Kier molecular flexibility index (Phi) is 3.93. The lowest BCUT2D eigenvalue weighted by Crippen LogP contribution is -2.09. The van der Waals surface area contributed by atoms with Crippen LogP contribution in [0.5, 0.6) is 5.75 Å². The normalized spacial score (nSPS) is 9.89. The molecule has 6 heteroatoms. The Labute approximate surface area is 105 Å². The van der Waals surface area contributed by atoms with Gasteiger partial charge in [0.2, 0.25) is 0 Å². The topological polar surface area (TPSA) is 85.1 Å². The fraction of sp³-hybridized carbons (Fsp3) is 0.167. The molecule has 18 heavy (non-hydrogen) atoms. The van der Waals surface area contributed by atoms with Crippen LogP contribution in [-0.2, 0) is 0 Å². The SMILES string of the molecule is CCOc1cccc(Nc2cncc(NN)n2)c1. The van der Waals surface area contributed by atoms with Crippen LogP contribution < -0.4 is 21.3 Å². The summed E-state index contributed by atoms with van der Waals surface area (Å²) in [7, 11) is 0. The molecule has 0 fully saturated rings. The van der Waals surface area contributed by atoms with Crippen molar-refractivity contribution in [3.63, 3.8) is 0 Å². The number of hydrogen-bond acceptors (Lipinski definition) is 6. The molecule has 1 heterocycles. The lowest BCUT2D eigenvalue weighted by Gasteiger charge is -2.08. The Bertz CT molecular complexity index is 517. The highest BCUT2D eigenvalue weighted by Gasteiger charge is 2.00. The van der Waals surface area contributed by atoms with Crippen LogP contribution in [0, 0.1) is 0 Å². The van der Waals surface area contributed by atoms with Crippen molar-refractivity contribution in [2.24, 2.45) is 5.84 Å². The lowest BCUT2D eigenvalue weighted by molar-refractivity contribution is 0.340. The lowest BCUT2D eigenvalue weighted by atomic mass is 10.3. The first-order valence-corrected chi connectivity index (χ1v) is 5.60. The number of ether oxygens (including phenoxy) is 1. The summed E-state index contributed by atoms with van der Waals surface area (Å²) in [5.74, 6) is 7.20. The number of aromatic nitrogens is 2. The molecule has 0 amide bonds. The van der Waals surface area contributed by atoms with E-state index in [0.29, 0.717) is 18.2 Å². The van der Waals surface area contributed by atoms with Crippen molar-refractivity contribution >= 4 is 17.3 Å². The maximum absolute atomic E-state index is 5.42. The van der Waals surface area contributed by atoms with Gasteiger partial charge in [-0.15, -0.1) is 0 Å². The number of rotatable bonds is 5. The van der Waals surface area contributed by atoms with Gasteiger partial charge in [0.1, 0.15) is 5.75 Å². The number of hydrazine groups is 1. The van der Waals surface area contributed by atoms with Gasteiger partial charge in [-0.25, -0.2) is 10.8 Å². The Balaban J connectivity index is 2.14. The molecule has 0 spiro atoms. The summed E-state index contributed by atoms with van der Waals surface area (Å²) in [4.78, 5) is 8.22. The first-order chi connectivity index (χ1) is 8.81. The fourth-order valence-corrected chi connectivity index (χ4v) is 1.47. The van der Waals surface area contributed by atoms with Crippen molar-refractivity contribution in [2.45, 2.75) is 6.92 Å². The predicted molar refractivity (Wildman–Crippen MR) is 70.7 cm³/mol. The van der Waals surface area contributed by atoms with E-state index in [9.17, 15) is 0 Å². The van der Waals surface area contributed by atoms with Gasteiger partial charge in [0.05, 0.1) is 19.0 Å². The molecule has 0 bridgehead atoms. The fourth-order valence-electron chi connectivity index (χ4n) is 1.47. The zero-order valence-electron chi connectivity index (χ0n) is 10.1. The molecule has 94 valence electrons. The molecular formula is C12H15N5O. The van der Waals surface area contributed by atoms with E-state index in [2.05, 4.69) is 20.7 Å². The van der Waals surface area contributed by atoms with Crippen molar-refractivity contribution in [2.75, 3.05) is 17.3 Å². The van der Waals surface area contributed by atoms with E-state index < -0.39 is 0 Å². The molecular weight excluding hydrogens is 230 g/mol. The summed E-state index contributed by atoms with van der Waals surface area (Å²) in [6.07, 6.45) is 3.16. The average molecular weight is 245 g/mol. The van der Waals surface area contributed by atoms with Crippen molar-refractivity contribution < 1.29 is 4.74 Å². The third-order valence-corrected chi connectivity index (χ3v) is 2.20. The highest BCUT2D eigenvalue weighted by molar-refractivity contribution is 5.58. The summed E-state index contributed by atoms with van der Waals surface area (Å²) in [5.41, 5.74) is 3.33. The molecule has 0 radical (unpaired) electrons. The van der Waals surface area contributed by atoms with Crippen molar-refractivity contribution in [1.29, 1.82) is 0 Å². The molecule has 4 N–H and O–H groups in total. The van der Waals surface area contributed by atoms with Crippen LogP contribution >= 0.6 is 0 Å². The standard InChI is InChI=1S/C12H15N5O/c1-2-18-10-5-3-4-9(6-10)15-11-7-14-8-12(16-11)17-13/h3-8H,2,13H2,1H3,(H2,15,16,17). The average Bonchev–Trinajstić information content (AvgIpc) is 2.40. The maximum Gasteiger partial charge on any atom is 0.160 e. The summed E-state index contributed by atoms with van der Waals surface area (Å²) in [6.45, 7) is 2.58. The van der Waals surface area contributed by atoms with Gasteiger partial charge in [-0.2, -0.15) is 0 Å². The molecule has 1 aromatic heterocycles. The minimum absolute atomic E-state index is 0.501. The molecule has 0 aliphatic heterocycles. The highest BCUT2D eigenvalue weighted by Crippen LogP contribution is 2.20. The Hall–Kier alpha value is -2.34. The number of benzene rings is 1. The van der Waals surface area contributed by atoms with Gasteiger partial charge in [-0.3, -0.25) is 4.98 Å². The van der Waals surface area contributed by atoms with Crippen molar-refractivity contribution in [3.05, 3.63) is 36.7 Å². The first kappa shape index (κ1) is 12.1. The van der Waals surface area contributed by atoms with E-state index in [1.807, 2.05) is 31.2 Å². The second-order valence-corrected chi connectivity index (χ2v) is 3.52. The highest BCUT2D eigenvalue weighted by atomic mass is 16.5. The molecule has 0 unspecified atom stereocenters. The molecule has 1 aromatic carbocycles. The van der Waals surface area contributed by atoms with Crippen LogP contribution in [0.2, 0.25) is 0 Å². The second kappa shape index (κ2) is 5.83. The zero-order chi connectivity index (χ0) is 12.8. The maximum atomic E-state index is 5.42. The summed E-state index contributed by atoms with van der Waals surface area (Å²) < 4.78 is 5.42. The smallest absolute Gasteiger partial charge is 0.160 e. The zero-order valence-corrected chi connectivity index (χ0v) is 10.1. The van der Waals surface area contributed by atoms with E-state index >= 15 is 0 Å². The van der Waals surface area contributed by atoms with Crippen LogP contribution in [0.25, 0.3) is 0 Å². The molecule has 0 atom stereocenters. The second-order valence-electron chi connectivity index (χ2n) is 3.52. The third-order valence-electron chi connectivity index (χ3n) is 2.20. The van der Waals surface area contributed by atoms with Gasteiger partial charge in [0.25, 0.3) is 0 Å². The van der Waals surface area contributed by atoms with Gasteiger partial charge >= 0.3 is 0 Å². The number of nitrogen functional groups attached to an aromatic ring is 1. The van der Waals surface area contributed by atoms with Crippen LogP contribution in [-0.4, -0.2) is 16.6 Å². The van der Waals surface area contributed by atoms with Gasteiger partial charge in [0.15, 0.2) is 11.6 Å². The Morgan fingerprint density at radius 2 is 2.11 bits per heavy atom.